The average molecular weight is 575 g/mol. The van der Waals surface area contributed by atoms with Crippen LogP contribution in [-0.2, 0) is 12.1 Å². The van der Waals surface area contributed by atoms with Crippen molar-refractivity contribution in [2.24, 2.45) is 0 Å². The molecule has 6 aromatic rings. The van der Waals surface area contributed by atoms with E-state index >= 15 is 0 Å². The number of nitrogens with zero attached hydrogens (tertiary/aromatic N) is 3. The summed E-state index contributed by atoms with van der Waals surface area (Å²) in [5.74, 6) is 0.439. The van der Waals surface area contributed by atoms with Gasteiger partial charge in [-0.2, -0.15) is 5.10 Å². The Morgan fingerprint density at radius 2 is 1.27 bits per heavy atom. The maximum Gasteiger partial charge on any atom is 0.322 e. The van der Waals surface area contributed by atoms with Gasteiger partial charge in [0.25, 0.3) is 0 Å². The number of aromatic nitrogens is 2. The lowest BCUT2D eigenvalue weighted by molar-refractivity contribution is 0.186. The van der Waals surface area contributed by atoms with E-state index in [1.54, 1.807) is 0 Å². The number of nitrogens with one attached hydrogen (secondary N) is 1. The van der Waals surface area contributed by atoms with Crippen molar-refractivity contribution in [2.45, 2.75) is 43.8 Å². The fraction of sp³-hybridized carbons (Fsp3) is 0.179. The smallest absolute Gasteiger partial charge is 0.313 e. The van der Waals surface area contributed by atoms with Crippen molar-refractivity contribution in [3.63, 3.8) is 0 Å². The molecule has 0 spiro atoms. The van der Waals surface area contributed by atoms with Gasteiger partial charge in [-0.25, -0.2) is 9.48 Å². The fourth-order valence-corrected chi connectivity index (χ4v) is 6.96. The number of amides is 2. The molecule has 1 atom stereocenters. The molecule has 2 aliphatic rings. The Bertz CT molecular complexity index is 1850. The van der Waals surface area contributed by atoms with E-state index in [0.717, 1.165) is 57.6 Å². The number of carbonyl (C=O) groups excluding carboxylic acids is 1. The van der Waals surface area contributed by atoms with Gasteiger partial charge in [-0.05, 0) is 59.7 Å². The molecule has 1 aliphatic heterocycles. The maximum atomic E-state index is 13.6. The van der Waals surface area contributed by atoms with Crippen LogP contribution in [-0.4, -0.2) is 20.7 Å². The number of hydrogen-bond donors (Lipinski definition) is 1. The third-order valence-corrected chi connectivity index (χ3v) is 9.38. The van der Waals surface area contributed by atoms with E-state index in [0.29, 0.717) is 12.5 Å². The highest BCUT2D eigenvalue weighted by molar-refractivity contribution is 5.97. The SMILES string of the molecule is CC(c1ccccc1)N1Cc2cc3c(C4CC4)nn(C(c4ccccc4)(c4ccccc4)c4ccccc4)c3cc2NC1=O. The molecule has 1 fully saturated rings. The highest BCUT2D eigenvalue weighted by Crippen LogP contribution is 2.48. The van der Waals surface area contributed by atoms with Gasteiger partial charge in [-0.3, -0.25) is 0 Å². The first-order chi connectivity index (χ1) is 21.6. The normalized spacial score (nSPS) is 15.6. The van der Waals surface area contributed by atoms with Crippen LogP contribution in [0, 0.1) is 0 Å². The first-order valence-electron chi connectivity index (χ1n) is 15.5. The summed E-state index contributed by atoms with van der Waals surface area (Å²) in [5.41, 5.74) is 7.93. The van der Waals surface area contributed by atoms with Gasteiger partial charge in [0, 0.05) is 17.0 Å². The number of carbonyl (C=O) groups is 1. The number of hydrogen-bond acceptors (Lipinski definition) is 2. The van der Waals surface area contributed by atoms with Crippen LogP contribution >= 0.6 is 0 Å². The highest BCUT2D eigenvalue weighted by Gasteiger charge is 2.42. The van der Waals surface area contributed by atoms with Crippen LogP contribution in [0.3, 0.4) is 0 Å². The standard InChI is InChI=1S/C39H34N4O/c1-27(28-14-6-2-7-15-28)42-26-30-24-34-36(25-35(30)40-38(42)44)43(41-37(34)29-22-23-29)39(31-16-8-3-9-17-31,32-18-10-4-11-19-32)33-20-12-5-13-21-33/h2-21,24-25,27,29H,22-23,26H2,1H3,(H,40,44). The number of benzene rings is 5. The number of rotatable bonds is 7. The molecule has 1 aliphatic carbocycles. The molecule has 1 saturated carbocycles. The fourth-order valence-electron chi connectivity index (χ4n) is 6.96. The Morgan fingerprint density at radius 3 is 1.80 bits per heavy atom. The molecule has 1 aromatic heterocycles. The molecule has 5 nitrogen and oxygen atoms in total. The predicted molar refractivity (Wildman–Crippen MR) is 176 cm³/mol. The molecule has 44 heavy (non-hydrogen) atoms. The summed E-state index contributed by atoms with van der Waals surface area (Å²) in [6, 6.07) is 46.6. The minimum atomic E-state index is -0.726. The molecule has 1 unspecified atom stereocenters. The molecule has 0 radical (unpaired) electrons. The second-order valence-electron chi connectivity index (χ2n) is 12.1. The van der Waals surface area contributed by atoms with Gasteiger partial charge < -0.3 is 10.2 Å². The van der Waals surface area contributed by atoms with Gasteiger partial charge in [0.2, 0.25) is 0 Å². The van der Waals surface area contributed by atoms with Crippen molar-refractivity contribution >= 4 is 22.6 Å². The van der Waals surface area contributed by atoms with Crippen LogP contribution in [0.4, 0.5) is 10.5 Å². The Labute approximate surface area is 257 Å². The average Bonchev–Trinajstić information content (AvgIpc) is 3.87. The second-order valence-corrected chi connectivity index (χ2v) is 12.1. The van der Waals surface area contributed by atoms with Crippen molar-refractivity contribution in [3.8, 4) is 0 Å². The number of anilines is 1. The molecule has 5 heteroatoms. The van der Waals surface area contributed by atoms with Crippen LogP contribution in [0.25, 0.3) is 10.9 Å². The lowest BCUT2D eigenvalue weighted by atomic mass is 9.77. The molecular formula is C39H34N4O. The first kappa shape index (κ1) is 26.5. The van der Waals surface area contributed by atoms with Crippen molar-refractivity contribution < 1.29 is 4.79 Å². The van der Waals surface area contributed by atoms with Gasteiger partial charge in [-0.1, -0.05) is 121 Å². The summed E-state index contributed by atoms with van der Waals surface area (Å²) in [7, 11) is 0. The second kappa shape index (κ2) is 10.5. The predicted octanol–water partition coefficient (Wildman–Crippen LogP) is 8.86. The summed E-state index contributed by atoms with van der Waals surface area (Å²) in [6.45, 7) is 2.64. The number of fused-ring (bicyclic) bond motifs is 2. The molecule has 8 rings (SSSR count). The van der Waals surface area contributed by atoms with E-state index in [4.69, 9.17) is 5.10 Å². The quantitative estimate of drug-likeness (QED) is 0.194. The van der Waals surface area contributed by atoms with Crippen molar-refractivity contribution in [2.75, 3.05) is 5.32 Å². The van der Waals surface area contributed by atoms with E-state index in [9.17, 15) is 4.79 Å². The third kappa shape index (κ3) is 4.22. The molecule has 1 N–H and O–H groups in total. The molecule has 0 bridgehead atoms. The molecule has 0 saturated heterocycles. The molecule has 2 heterocycles. The highest BCUT2D eigenvalue weighted by atomic mass is 16.2. The monoisotopic (exact) mass is 574 g/mol. The summed E-state index contributed by atoms with van der Waals surface area (Å²) >= 11 is 0. The molecular weight excluding hydrogens is 540 g/mol. The van der Waals surface area contributed by atoms with Gasteiger partial charge >= 0.3 is 6.03 Å². The largest absolute Gasteiger partial charge is 0.322 e. The van der Waals surface area contributed by atoms with Gasteiger partial charge in [0.1, 0.15) is 5.54 Å². The summed E-state index contributed by atoms with van der Waals surface area (Å²) in [6.07, 6.45) is 2.29. The van der Waals surface area contributed by atoms with E-state index in [1.807, 2.05) is 23.1 Å². The Hall–Kier alpha value is -5.16. The Balaban J connectivity index is 1.37. The molecule has 2 amide bonds. The third-order valence-electron chi connectivity index (χ3n) is 9.38. The van der Waals surface area contributed by atoms with Gasteiger partial charge in [-0.15, -0.1) is 0 Å². The van der Waals surface area contributed by atoms with E-state index < -0.39 is 5.54 Å². The van der Waals surface area contributed by atoms with E-state index in [1.165, 1.54) is 5.39 Å². The van der Waals surface area contributed by atoms with Crippen LogP contribution in [0.5, 0.6) is 0 Å². The maximum absolute atomic E-state index is 13.6. The van der Waals surface area contributed by atoms with Crippen molar-refractivity contribution in [1.82, 2.24) is 14.7 Å². The van der Waals surface area contributed by atoms with Crippen LogP contribution in [0.1, 0.15) is 65.2 Å². The lowest BCUT2D eigenvalue weighted by Crippen LogP contribution is -2.40. The summed E-state index contributed by atoms with van der Waals surface area (Å²) < 4.78 is 2.24. The Morgan fingerprint density at radius 1 is 0.750 bits per heavy atom. The van der Waals surface area contributed by atoms with Crippen LogP contribution in [0.2, 0.25) is 0 Å². The minimum absolute atomic E-state index is 0.0486. The van der Waals surface area contributed by atoms with Crippen LogP contribution in [0.15, 0.2) is 133 Å². The lowest BCUT2D eigenvalue weighted by Gasteiger charge is -2.37. The van der Waals surface area contributed by atoms with Gasteiger partial charge in [0.15, 0.2) is 0 Å². The summed E-state index contributed by atoms with van der Waals surface area (Å²) in [5, 5.41) is 9.95. The summed E-state index contributed by atoms with van der Waals surface area (Å²) in [4.78, 5) is 15.5. The topological polar surface area (TPSA) is 50.2 Å². The first-order valence-corrected chi connectivity index (χ1v) is 15.5. The minimum Gasteiger partial charge on any atom is -0.313 e. The van der Waals surface area contributed by atoms with Crippen molar-refractivity contribution in [1.29, 1.82) is 0 Å². The molecule has 5 aromatic carbocycles. The van der Waals surface area contributed by atoms with Crippen molar-refractivity contribution in [3.05, 3.63) is 167 Å². The zero-order valence-corrected chi connectivity index (χ0v) is 24.7. The van der Waals surface area contributed by atoms with Crippen LogP contribution < -0.4 is 5.32 Å². The van der Waals surface area contributed by atoms with Gasteiger partial charge in [0.05, 0.1) is 23.8 Å². The van der Waals surface area contributed by atoms with E-state index in [-0.39, 0.29) is 12.1 Å². The van der Waals surface area contributed by atoms with E-state index in [2.05, 4.69) is 132 Å². The number of urea groups is 1. The Kier molecular flexibility index (Phi) is 6.33. The zero-order valence-electron chi connectivity index (χ0n) is 24.7. The zero-order chi connectivity index (χ0) is 29.7. The molecule has 216 valence electrons.